The van der Waals surface area contributed by atoms with Crippen LogP contribution in [-0.2, 0) is 14.3 Å². The quantitative estimate of drug-likeness (QED) is 0.153. The van der Waals surface area contributed by atoms with Crippen molar-refractivity contribution in [3.63, 3.8) is 0 Å². The maximum Gasteiger partial charge on any atom is 0.331 e. The lowest BCUT2D eigenvalue weighted by molar-refractivity contribution is -0.138. The molecule has 0 aromatic rings. The van der Waals surface area contributed by atoms with Gasteiger partial charge in [-0.2, -0.15) is 0 Å². The first-order valence-electron chi connectivity index (χ1n) is 9.75. The fraction of sp³-hybridized carbons (Fsp3) is 0.800. The van der Waals surface area contributed by atoms with Gasteiger partial charge in [0.1, 0.15) is 6.26 Å². The molecule has 0 aliphatic heterocycles. The minimum absolute atomic E-state index is 0.355. The van der Waals surface area contributed by atoms with E-state index in [1.807, 2.05) is 0 Å². The lowest BCUT2D eigenvalue weighted by Crippen LogP contribution is -2.00. The third-order valence-corrected chi connectivity index (χ3v) is 4.14. The van der Waals surface area contributed by atoms with Gasteiger partial charge >= 0.3 is 11.9 Å². The molecule has 0 aromatic carbocycles. The van der Waals surface area contributed by atoms with Crippen LogP contribution in [0, 0.1) is 0 Å². The Morgan fingerprint density at radius 3 is 1.58 bits per heavy atom. The van der Waals surface area contributed by atoms with Crippen molar-refractivity contribution in [1.29, 1.82) is 0 Å². The molecule has 24 heavy (non-hydrogen) atoms. The molecule has 0 spiro atoms. The molecule has 0 saturated heterocycles. The highest BCUT2D eigenvalue weighted by Gasteiger charge is 2.01. The Hall–Kier alpha value is -1.32. The lowest BCUT2D eigenvalue weighted by atomic mass is 10.0. The number of rotatable bonds is 17. The van der Waals surface area contributed by atoms with Gasteiger partial charge in [0.05, 0.1) is 6.08 Å². The Morgan fingerprint density at radius 2 is 1.17 bits per heavy atom. The van der Waals surface area contributed by atoms with Crippen LogP contribution >= 0.6 is 0 Å². The molecule has 4 nitrogen and oxygen atoms in total. The van der Waals surface area contributed by atoms with Crippen molar-refractivity contribution in [2.75, 3.05) is 0 Å². The molecule has 0 saturated carbocycles. The molecule has 0 rings (SSSR count). The SMILES string of the molecule is CCCCCCCCCCCCCCCCC(=O)OC=CC(=O)O. The van der Waals surface area contributed by atoms with Crippen LogP contribution < -0.4 is 0 Å². The second-order valence-electron chi connectivity index (χ2n) is 6.48. The summed E-state index contributed by atoms with van der Waals surface area (Å²) in [5.41, 5.74) is 0. The molecule has 140 valence electrons. The van der Waals surface area contributed by atoms with Crippen LogP contribution in [-0.4, -0.2) is 17.0 Å². The molecule has 0 heterocycles. The number of ether oxygens (including phenoxy) is 1. The summed E-state index contributed by atoms with van der Waals surface area (Å²) in [6.07, 6.45) is 20.0. The smallest absolute Gasteiger partial charge is 0.331 e. The number of carbonyl (C=O) groups is 2. The second kappa shape index (κ2) is 18.0. The van der Waals surface area contributed by atoms with Gasteiger partial charge in [-0.3, -0.25) is 4.79 Å². The zero-order valence-corrected chi connectivity index (χ0v) is 15.4. The van der Waals surface area contributed by atoms with Crippen LogP contribution in [0.1, 0.15) is 103 Å². The first kappa shape index (κ1) is 22.7. The van der Waals surface area contributed by atoms with E-state index < -0.39 is 5.97 Å². The van der Waals surface area contributed by atoms with E-state index in [1.165, 1.54) is 70.6 Å². The second-order valence-corrected chi connectivity index (χ2v) is 6.48. The Morgan fingerprint density at radius 1 is 0.750 bits per heavy atom. The number of aliphatic carboxylic acids is 1. The van der Waals surface area contributed by atoms with Crippen molar-refractivity contribution in [1.82, 2.24) is 0 Å². The maximum absolute atomic E-state index is 11.3. The number of unbranched alkanes of at least 4 members (excludes halogenated alkanes) is 13. The molecular formula is C20H36O4. The number of carbonyl (C=O) groups excluding carboxylic acids is 1. The monoisotopic (exact) mass is 340 g/mol. The highest BCUT2D eigenvalue weighted by atomic mass is 16.5. The van der Waals surface area contributed by atoms with E-state index in [9.17, 15) is 9.59 Å². The van der Waals surface area contributed by atoms with Gasteiger partial charge in [-0.15, -0.1) is 0 Å². The van der Waals surface area contributed by atoms with Gasteiger partial charge in [0.15, 0.2) is 0 Å². The van der Waals surface area contributed by atoms with Crippen LogP contribution in [0.15, 0.2) is 12.3 Å². The molecule has 0 aliphatic carbocycles. The average molecular weight is 341 g/mol. The predicted octanol–water partition coefficient (Wildman–Crippen LogP) is 6.00. The summed E-state index contributed by atoms with van der Waals surface area (Å²) in [5, 5.41) is 8.36. The standard InChI is InChI=1S/C20H36O4/c1-2-3-4-5-6-7-8-9-10-11-12-13-14-15-16-20(23)24-18-17-19(21)22/h17-18H,2-16H2,1H3,(H,21,22). The van der Waals surface area contributed by atoms with Crippen molar-refractivity contribution in [2.45, 2.75) is 103 Å². The van der Waals surface area contributed by atoms with E-state index >= 15 is 0 Å². The molecule has 0 aliphatic rings. The van der Waals surface area contributed by atoms with E-state index in [2.05, 4.69) is 11.7 Å². The normalized spacial score (nSPS) is 11.0. The average Bonchev–Trinajstić information content (AvgIpc) is 2.55. The van der Waals surface area contributed by atoms with Gasteiger partial charge in [0.2, 0.25) is 0 Å². The van der Waals surface area contributed by atoms with E-state index in [0.717, 1.165) is 31.6 Å². The maximum atomic E-state index is 11.3. The number of esters is 1. The highest BCUT2D eigenvalue weighted by Crippen LogP contribution is 2.13. The summed E-state index contributed by atoms with van der Waals surface area (Å²) in [6, 6.07) is 0. The fourth-order valence-electron chi connectivity index (χ4n) is 2.69. The number of hydrogen-bond donors (Lipinski definition) is 1. The summed E-state index contributed by atoms with van der Waals surface area (Å²) in [5.74, 6) is -1.47. The number of carboxylic acid groups (broad SMARTS) is 1. The van der Waals surface area contributed by atoms with E-state index in [0.29, 0.717) is 6.42 Å². The van der Waals surface area contributed by atoms with E-state index in [1.54, 1.807) is 0 Å². The van der Waals surface area contributed by atoms with E-state index in [4.69, 9.17) is 5.11 Å². The van der Waals surface area contributed by atoms with Crippen molar-refractivity contribution in [3.8, 4) is 0 Å². The summed E-state index contributed by atoms with van der Waals surface area (Å²) in [6.45, 7) is 2.26. The fourth-order valence-corrected chi connectivity index (χ4v) is 2.69. The summed E-state index contributed by atoms with van der Waals surface area (Å²) < 4.78 is 4.67. The van der Waals surface area contributed by atoms with Gasteiger partial charge in [-0.1, -0.05) is 90.4 Å². The van der Waals surface area contributed by atoms with Gasteiger partial charge in [-0.25, -0.2) is 4.79 Å². The Balaban J connectivity index is 3.17. The third-order valence-electron chi connectivity index (χ3n) is 4.14. The minimum Gasteiger partial charge on any atom is -0.478 e. The molecule has 0 atom stereocenters. The first-order chi connectivity index (χ1) is 11.7. The van der Waals surface area contributed by atoms with Crippen LogP contribution in [0.5, 0.6) is 0 Å². The number of carboxylic acids is 1. The van der Waals surface area contributed by atoms with Crippen molar-refractivity contribution in [2.24, 2.45) is 0 Å². The highest BCUT2D eigenvalue weighted by molar-refractivity contribution is 5.80. The molecule has 0 bridgehead atoms. The van der Waals surface area contributed by atoms with Gasteiger partial charge in [0.25, 0.3) is 0 Å². The molecular weight excluding hydrogens is 304 g/mol. The topological polar surface area (TPSA) is 63.6 Å². The zero-order valence-electron chi connectivity index (χ0n) is 15.4. The van der Waals surface area contributed by atoms with Crippen molar-refractivity contribution < 1.29 is 19.4 Å². The molecule has 0 amide bonds. The van der Waals surface area contributed by atoms with Gasteiger partial charge in [0, 0.05) is 6.42 Å². The Bertz CT molecular complexity index is 337. The van der Waals surface area contributed by atoms with Crippen LogP contribution in [0.3, 0.4) is 0 Å². The van der Waals surface area contributed by atoms with Crippen LogP contribution in [0.25, 0.3) is 0 Å². The number of hydrogen-bond acceptors (Lipinski definition) is 3. The molecule has 0 unspecified atom stereocenters. The summed E-state index contributed by atoms with van der Waals surface area (Å²) in [7, 11) is 0. The van der Waals surface area contributed by atoms with Gasteiger partial charge < -0.3 is 9.84 Å². The Kier molecular flexibility index (Phi) is 17.0. The molecule has 0 aromatic heterocycles. The lowest BCUT2D eigenvalue weighted by Gasteiger charge is -2.03. The minimum atomic E-state index is -1.11. The molecule has 0 fully saturated rings. The first-order valence-corrected chi connectivity index (χ1v) is 9.75. The van der Waals surface area contributed by atoms with E-state index in [-0.39, 0.29) is 5.97 Å². The predicted molar refractivity (Wildman–Crippen MR) is 97.8 cm³/mol. The van der Waals surface area contributed by atoms with Crippen LogP contribution in [0.2, 0.25) is 0 Å². The summed E-state index contributed by atoms with van der Waals surface area (Å²) in [4.78, 5) is 21.5. The summed E-state index contributed by atoms with van der Waals surface area (Å²) >= 11 is 0. The van der Waals surface area contributed by atoms with Crippen molar-refractivity contribution >= 4 is 11.9 Å². The molecule has 4 heteroatoms. The third kappa shape index (κ3) is 18.7. The zero-order chi connectivity index (χ0) is 17.9. The molecule has 0 radical (unpaired) electrons. The Labute approximate surface area is 147 Å². The van der Waals surface area contributed by atoms with Gasteiger partial charge in [-0.05, 0) is 6.42 Å². The van der Waals surface area contributed by atoms with Crippen molar-refractivity contribution in [3.05, 3.63) is 12.3 Å². The largest absolute Gasteiger partial charge is 0.478 e. The molecule has 1 N–H and O–H groups in total. The van der Waals surface area contributed by atoms with Crippen LogP contribution in [0.4, 0.5) is 0 Å².